The summed E-state index contributed by atoms with van der Waals surface area (Å²) in [6, 6.07) is 11.4. The van der Waals surface area contributed by atoms with E-state index in [1.807, 2.05) is 42.6 Å². The van der Waals surface area contributed by atoms with E-state index in [-0.39, 0.29) is 0 Å². The SMILES string of the molecule is COc1ccc(-c2nc(-c3cc(C(N)=O)c(C)n3CCc3ccc(OC)c(OC)c3)cs2)cn1. The summed E-state index contributed by atoms with van der Waals surface area (Å²) in [5.74, 6) is 1.45. The van der Waals surface area contributed by atoms with Gasteiger partial charge in [0.1, 0.15) is 5.01 Å². The Hall–Kier alpha value is -3.85. The van der Waals surface area contributed by atoms with Crippen LogP contribution in [0.4, 0.5) is 0 Å². The van der Waals surface area contributed by atoms with Gasteiger partial charge in [0.2, 0.25) is 5.88 Å². The number of ether oxygens (including phenoxy) is 3. The summed E-state index contributed by atoms with van der Waals surface area (Å²) in [6.45, 7) is 2.54. The Bertz CT molecular complexity index is 1310. The fourth-order valence-electron chi connectivity index (χ4n) is 3.82. The van der Waals surface area contributed by atoms with E-state index in [0.29, 0.717) is 29.5 Å². The minimum atomic E-state index is -0.460. The number of nitrogens with two attached hydrogens (primary N) is 1. The van der Waals surface area contributed by atoms with Crippen LogP contribution < -0.4 is 19.9 Å². The van der Waals surface area contributed by atoms with E-state index in [9.17, 15) is 4.79 Å². The summed E-state index contributed by atoms with van der Waals surface area (Å²) in [5.41, 5.74) is 10.6. The fraction of sp³-hybridized carbons (Fsp3) is 0.240. The van der Waals surface area contributed by atoms with Crippen molar-refractivity contribution in [2.75, 3.05) is 21.3 Å². The summed E-state index contributed by atoms with van der Waals surface area (Å²) in [4.78, 5) is 21.2. The van der Waals surface area contributed by atoms with E-state index < -0.39 is 5.91 Å². The first-order chi connectivity index (χ1) is 16.4. The van der Waals surface area contributed by atoms with Crippen molar-refractivity contribution in [2.45, 2.75) is 19.9 Å². The highest BCUT2D eigenvalue weighted by Crippen LogP contribution is 2.32. The average molecular weight is 479 g/mol. The first-order valence-electron chi connectivity index (χ1n) is 10.6. The molecule has 0 aliphatic heterocycles. The van der Waals surface area contributed by atoms with Gasteiger partial charge in [-0.05, 0) is 43.2 Å². The van der Waals surface area contributed by atoms with E-state index in [0.717, 1.165) is 39.6 Å². The van der Waals surface area contributed by atoms with Crippen LogP contribution in [0.15, 0.2) is 48.0 Å². The number of thiazole rings is 1. The van der Waals surface area contributed by atoms with Crippen molar-refractivity contribution in [3.63, 3.8) is 0 Å². The lowest BCUT2D eigenvalue weighted by atomic mass is 10.1. The molecular formula is C25H26N4O4S. The lowest BCUT2D eigenvalue weighted by molar-refractivity contribution is 0.0999. The second-order valence-electron chi connectivity index (χ2n) is 7.61. The molecule has 0 unspecified atom stereocenters. The van der Waals surface area contributed by atoms with Crippen LogP contribution in [-0.4, -0.2) is 41.8 Å². The molecule has 9 heteroatoms. The van der Waals surface area contributed by atoms with Gasteiger partial charge in [-0.2, -0.15) is 0 Å². The Labute approximate surface area is 201 Å². The number of aromatic nitrogens is 3. The second kappa shape index (κ2) is 9.96. The Morgan fingerprint density at radius 2 is 1.85 bits per heavy atom. The maximum absolute atomic E-state index is 12.1. The molecular weight excluding hydrogens is 452 g/mol. The van der Waals surface area contributed by atoms with Crippen LogP contribution >= 0.6 is 11.3 Å². The van der Waals surface area contributed by atoms with Gasteiger partial charge < -0.3 is 24.5 Å². The predicted octanol–water partition coefficient (Wildman–Crippen LogP) is 4.35. The average Bonchev–Trinajstić information content (AvgIpc) is 3.47. The number of pyridine rings is 1. The smallest absolute Gasteiger partial charge is 0.250 e. The zero-order valence-corrected chi connectivity index (χ0v) is 20.3. The van der Waals surface area contributed by atoms with E-state index in [4.69, 9.17) is 24.9 Å². The minimum Gasteiger partial charge on any atom is -0.493 e. The molecule has 0 fully saturated rings. The number of amides is 1. The van der Waals surface area contributed by atoms with Crippen LogP contribution in [-0.2, 0) is 13.0 Å². The van der Waals surface area contributed by atoms with E-state index >= 15 is 0 Å². The van der Waals surface area contributed by atoms with Crippen molar-refractivity contribution in [1.82, 2.24) is 14.5 Å². The molecule has 34 heavy (non-hydrogen) atoms. The van der Waals surface area contributed by atoms with Crippen molar-refractivity contribution in [2.24, 2.45) is 5.73 Å². The number of carbonyl (C=O) groups excluding carboxylic acids is 1. The van der Waals surface area contributed by atoms with Crippen LogP contribution in [0.2, 0.25) is 0 Å². The van der Waals surface area contributed by atoms with Gasteiger partial charge in [0.15, 0.2) is 11.5 Å². The largest absolute Gasteiger partial charge is 0.493 e. The molecule has 2 N–H and O–H groups in total. The standard InChI is InChI=1S/C25H26N4O4S/c1-15-18(24(26)30)12-20(19-14-34-25(28-19)17-6-8-23(33-4)27-13-17)29(15)10-9-16-5-7-21(31-2)22(11-16)32-3/h5-8,11-14H,9-10H2,1-4H3,(H2,26,30). The monoisotopic (exact) mass is 478 g/mol. The number of primary amides is 1. The molecule has 176 valence electrons. The van der Waals surface area contributed by atoms with Crippen LogP contribution in [0.3, 0.4) is 0 Å². The second-order valence-corrected chi connectivity index (χ2v) is 8.47. The third-order valence-corrected chi connectivity index (χ3v) is 6.55. The molecule has 3 heterocycles. The first-order valence-corrected chi connectivity index (χ1v) is 11.5. The minimum absolute atomic E-state index is 0.460. The van der Waals surface area contributed by atoms with Gasteiger partial charge in [-0.15, -0.1) is 11.3 Å². The summed E-state index contributed by atoms with van der Waals surface area (Å²) in [6.07, 6.45) is 2.46. The normalized spacial score (nSPS) is 10.8. The molecule has 3 aromatic heterocycles. The number of carbonyl (C=O) groups is 1. The van der Waals surface area contributed by atoms with Gasteiger partial charge in [-0.3, -0.25) is 4.79 Å². The molecule has 0 saturated heterocycles. The molecule has 1 amide bonds. The summed E-state index contributed by atoms with van der Waals surface area (Å²) in [7, 11) is 4.81. The molecule has 0 spiro atoms. The zero-order chi connectivity index (χ0) is 24.2. The molecule has 0 saturated carbocycles. The Morgan fingerprint density at radius 3 is 2.50 bits per heavy atom. The van der Waals surface area contributed by atoms with Crippen molar-refractivity contribution in [3.05, 3.63) is 64.8 Å². The number of hydrogen-bond donors (Lipinski definition) is 1. The van der Waals surface area contributed by atoms with Gasteiger partial charge in [-0.1, -0.05) is 6.07 Å². The topological polar surface area (TPSA) is 101 Å². The lowest BCUT2D eigenvalue weighted by Crippen LogP contribution is -2.13. The molecule has 4 rings (SSSR count). The predicted molar refractivity (Wildman–Crippen MR) is 132 cm³/mol. The lowest BCUT2D eigenvalue weighted by Gasteiger charge is -2.13. The number of methoxy groups -OCH3 is 3. The van der Waals surface area contributed by atoms with Gasteiger partial charge in [0.25, 0.3) is 5.91 Å². The van der Waals surface area contributed by atoms with Crippen LogP contribution in [0.25, 0.3) is 22.0 Å². The Morgan fingerprint density at radius 1 is 1.06 bits per heavy atom. The van der Waals surface area contributed by atoms with Crippen LogP contribution in [0, 0.1) is 6.92 Å². The fourth-order valence-corrected chi connectivity index (χ4v) is 4.63. The van der Waals surface area contributed by atoms with Crippen molar-refractivity contribution in [1.29, 1.82) is 0 Å². The molecule has 0 radical (unpaired) electrons. The Balaban J connectivity index is 1.65. The highest BCUT2D eigenvalue weighted by Gasteiger charge is 2.19. The van der Waals surface area contributed by atoms with Gasteiger partial charge in [-0.25, -0.2) is 9.97 Å². The molecule has 4 aromatic rings. The van der Waals surface area contributed by atoms with Gasteiger partial charge >= 0.3 is 0 Å². The number of hydrogen-bond acceptors (Lipinski definition) is 7. The quantitative estimate of drug-likeness (QED) is 0.384. The van der Waals surface area contributed by atoms with Crippen molar-refractivity contribution >= 4 is 17.2 Å². The van der Waals surface area contributed by atoms with E-state index in [2.05, 4.69) is 9.55 Å². The number of benzene rings is 1. The highest BCUT2D eigenvalue weighted by molar-refractivity contribution is 7.13. The van der Waals surface area contributed by atoms with Crippen LogP contribution in [0.1, 0.15) is 21.6 Å². The maximum atomic E-state index is 12.1. The molecule has 0 atom stereocenters. The summed E-state index contributed by atoms with van der Waals surface area (Å²) >= 11 is 1.51. The first kappa shape index (κ1) is 23.3. The third-order valence-electron chi connectivity index (χ3n) is 5.66. The molecule has 8 nitrogen and oxygen atoms in total. The van der Waals surface area contributed by atoms with Gasteiger partial charge in [0.05, 0.1) is 38.3 Å². The van der Waals surface area contributed by atoms with Crippen molar-refractivity contribution in [3.8, 4) is 39.3 Å². The Kier molecular flexibility index (Phi) is 6.83. The molecule has 0 aliphatic carbocycles. The summed E-state index contributed by atoms with van der Waals surface area (Å²) in [5, 5.41) is 2.81. The highest BCUT2D eigenvalue weighted by atomic mass is 32.1. The summed E-state index contributed by atoms with van der Waals surface area (Å²) < 4.78 is 18.0. The van der Waals surface area contributed by atoms with E-state index in [1.165, 1.54) is 11.3 Å². The maximum Gasteiger partial charge on any atom is 0.250 e. The number of nitrogens with zero attached hydrogens (tertiary/aromatic N) is 3. The van der Waals surface area contributed by atoms with Crippen molar-refractivity contribution < 1.29 is 19.0 Å². The number of aryl methyl sites for hydroxylation is 1. The van der Waals surface area contributed by atoms with Crippen LogP contribution in [0.5, 0.6) is 17.4 Å². The molecule has 0 aliphatic rings. The third kappa shape index (κ3) is 4.60. The molecule has 1 aromatic carbocycles. The van der Waals surface area contributed by atoms with Gasteiger partial charge in [0, 0.05) is 35.4 Å². The zero-order valence-electron chi connectivity index (χ0n) is 19.5. The van der Waals surface area contributed by atoms with E-state index in [1.54, 1.807) is 33.6 Å². The number of rotatable bonds is 9. The molecule has 0 bridgehead atoms.